The van der Waals surface area contributed by atoms with Crippen molar-refractivity contribution in [2.75, 3.05) is 0 Å². The molecule has 1 amide bonds. The number of amides is 1. The molecule has 0 saturated carbocycles. The molecule has 1 aromatic carbocycles. The molecule has 0 saturated heterocycles. The van der Waals surface area contributed by atoms with E-state index in [4.69, 9.17) is 0 Å². The first kappa shape index (κ1) is 18.9. The third-order valence-corrected chi connectivity index (χ3v) is 5.91. The Morgan fingerprint density at radius 2 is 1.81 bits per heavy atom. The van der Waals surface area contributed by atoms with E-state index in [-0.39, 0.29) is 17.0 Å². The van der Waals surface area contributed by atoms with E-state index in [0.717, 1.165) is 11.3 Å². The van der Waals surface area contributed by atoms with Gasteiger partial charge in [-0.3, -0.25) is 18.6 Å². The van der Waals surface area contributed by atoms with Crippen LogP contribution in [0, 0.1) is 6.92 Å². The molecular weight excluding hydrogens is 370 g/mol. The highest BCUT2D eigenvalue weighted by molar-refractivity contribution is 7.90. The van der Waals surface area contributed by atoms with Gasteiger partial charge in [-0.15, -0.1) is 0 Å². The minimum absolute atomic E-state index is 0.0256. The van der Waals surface area contributed by atoms with E-state index in [1.807, 2.05) is 6.92 Å². The van der Waals surface area contributed by atoms with Gasteiger partial charge in [0, 0.05) is 33.8 Å². The Labute approximate surface area is 156 Å². The van der Waals surface area contributed by atoms with E-state index >= 15 is 0 Å². The maximum Gasteiger partial charge on any atom is 0.328 e. The van der Waals surface area contributed by atoms with Crippen molar-refractivity contribution >= 4 is 27.0 Å². The van der Waals surface area contributed by atoms with Crippen LogP contribution in [-0.4, -0.2) is 33.2 Å². The Kier molecular flexibility index (Phi) is 4.68. The van der Waals surface area contributed by atoms with Crippen LogP contribution < -0.4 is 10.4 Å². The molecule has 3 aromatic rings. The van der Waals surface area contributed by atoms with Crippen molar-refractivity contribution < 1.29 is 13.2 Å². The van der Waals surface area contributed by atoms with E-state index in [0.29, 0.717) is 17.5 Å². The number of benzene rings is 1. The minimum Gasteiger partial charge on any atom is -0.295 e. The maximum atomic E-state index is 12.5. The molecule has 0 fully saturated rings. The van der Waals surface area contributed by atoms with Gasteiger partial charge in [0.25, 0.3) is 10.0 Å². The van der Waals surface area contributed by atoms with Crippen molar-refractivity contribution in [3.05, 3.63) is 46.1 Å². The maximum absolute atomic E-state index is 12.5. The van der Waals surface area contributed by atoms with Crippen molar-refractivity contribution in [2.45, 2.75) is 24.7 Å². The number of hydrogen-bond acceptors (Lipinski definition) is 5. The van der Waals surface area contributed by atoms with Gasteiger partial charge in [0.05, 0.1) is 21.6 Å². The lowest BCUT2D eigenvalue weighted by Gasteiger charge is -2.07. The average Bonchev–Trinajstić information content (AvgIpc) is 3.04. The van der Waals surface area contributed by atoms with Crippen LogP contribution in [0.3, 0.4) is 0 Å². The summed E-state index contributed by atoms with van der Waals surface area (Å²) in [6.07, 6.45) is 2.23. The molecule has 3 rings (SSSR count). The molecule has 0 aliphatic rings. The zero-order valence-corrected chi connectivity index (χ0v) is 16.4. The number of fused-ring (bicyclic) bond motifs is 1. The Balaban J connectivity index is 1.79. The molecule has 9 nitrogen and oxygen atoms in total. The van der Waals surface area contributed by atoms with Crippen molar-refractivity contribution in [3.63, 3.8) is 0 Å². The standard InChI is InChI=1S/C17H21N5O4S/c1-11-12(10-20(2)18-11)5-8-16(23)19-27(25,26)13-6-7-14-15(9-13)22(4)17(24)21(14)3/h6-7,9-10H,5,8H2,1-4H3,(H,19,23). The number of sulfonamides is 1. The predicted octanol–water partition coefficient (Wildman–Crippen LogP) is 0.357. The third-order valence-electron chi connectivity index (χ3n) is 4.54. The first-order valence-corrected chi connectivity index (χ1v) is 9.78. The molecule has 0 spiro atoms. The fraction of sp³-hybridized carbons (Fsp3) is 0.353. The summed E-state index contributed by atoms with van der Waals surface area (Å²) in [6.45, 7) is 1.84. The summed E-state index contributed by atoms with van der Waals surface area (Å²) in [6, 6.07) is 4.31. The summed E-state index contributed by atoms with van der Waals surface area (Å²) in [7, 11) is 0.938. The van der Waals surface area contributed by atoms with E-state index in [2.05, 4.69) is 9.82 Å². The second kappa shape index (κ2) is 6.69. The Morgan fingerprint density at radius 3 is 2.44 bits per heavy atom. The van der Waals surface area contributed by atoms with Crippen LogP contribution in [0.25, 0.3) is 11.0 Å². The van der Waals surface area contributed by atoms with Crippen LogP contribution in [0.15, 0.2) is 34.1 Å². The van der Waals surface area contributed by atoms with Crippen molar-refractivity contribution in [1.82, 2.24) is 23.6 Å². The fourth-order valence-corrected chi connectivity index (χ4v) is 4.09. The van der Waals surface area contributed by atoms with Crippen LogP contribution in [-0.2, 0) is 42.4 Å². The summed E-state index contributed by atoms with van der Waals surface area (Å²) in [5, 5.41) is 4.19. The van der Waals surface area contributed by atoms with Gasteiger partial charge in [0.15, 0.2) is 0 Å². The Bertz CT molecular complexity index is 1200. The highest BCUT2D eigenvalue weighted by Gasteiger charge is 2.20. The molecule has 144 valence electrons. The number of nitrogens with one attached hydrogen (secondary N) is 1. The largest absolute Gasteiger partial charge is 0.328 e. The number of hydrogen-bond donors (Lipinski definition) is 1. The number of carbonyl (C=O) groups excluding carboxylic acids is 1. The van der Waals surface area contributed by atoms with Gasteiger partial charge < -0.3 is 0 Å². The van der Waals surface area contributed by atoms with Crippen LogP contribution in [0.4, 0.5) is 0 Å². The van der Waals surface area contributed by atoms with Crippen LogP contribution >= 0.6 is 0 Å². The highest BCUT2D eigenvalue weighted by Crippen LogP contribution is 2.18. The summed E-state index contributed by atoms with van der Waals surface area (Å²) < 4.78 is 31.6. The van der Waals surface area contributed by atoms with Crippen LogP contribution in [0.1, 0.15) is 17.7 Å². The monoisotopic (exact) mass is 391 g/mol. The molecule has 0 radical (unpaired) electrons. The third kappa shape index (κ3) is 3.52. The van der Waals surface area contributed by atoms with Crippen molar-refractivity contribution in [2.24, 2.45) is 21.1 Å². The lowest BCUT2D eigenvalue weighted by Crippen LogP contribution is -2.30. The second-order valence-electron chi connectivity index (χ2n) is 6.49. The van der Waals surface area contributed by atoms with E-state index in [1.54, 1.807) is 38.1 Å². The number of rotatable bonds is 5. The van der Waals surface area contributed by atoms with Gasteiger partial charge in [-0.2, -0.15) is 5.10 Å². The number of aryl methyl sites for hydroxylation is 5. The fourth-order valence-electron chi connectivity index (χ4n) is 3.06. The molecular formula is C17H21N5O4S. The molecule has 2 aromatic heterocycles. The van der Waals surface area contributed by atoms with Gasteiger partial charge in [0.1, 0.15) is 0 Å². The predicted molar refractivity (Wildman–Crippen MR) is 99.8 cm³/mol. The van der Waals surface area contributed by atoms with E-state index < -0.39 is 15.9 Å². The minimum atomic E-state index is -4.03. The number of imidazole rings is 1. The summed E-state index contributed by atoms with van der Waals surface area (Å²) >= 11 is 0. The van der Waals surface area contributed by atoms with E-state index in [9.17, 15) is 18.0 Å². The summed E-state index contributed by atoms with van der Waals surface area (Å²) in [5.74, 6) is -0.597. The molecule has 0 unspecified atom stereocenters. The lowest BCUT2D eigenvalue weighted by molar-refractivity contribution is -0.119. The first-order valence-electron chi connectivity index (χ1n) is 8.30. The van der Waals surface area contributed by atoms with Gasteiger partial charge in [-0.1, -0.05) is 0 Å². The average molecular weight is 391 g/mol. The SMILES string of the molecule is Cc1nn(C)cc1CCC(=O)NS(=O)(=O)c1ccc2c(c1)n(C)c(=O)n2C. The molecule has 0 bridgehead atoms. The summed E-state index contributed by atoms with van der Waals surface area (Å²) in [5.41, 5.74) is 2.54. The highest BCUT2D eigenvalue weighted by atomic mass is 32.2. The second-order valence-corrected chi connectivity index (χ2v) is 8.18. The van der Waals surface area contributed by atoms with E-state index in [1.165, 1.54) is 21.3 Å². The Morgan fingerprint density at radius 1 is 1.15 bits per heavy atom. The normalized spacial score (nSPS) is 11.9. The molecule has 0 atom stereocenters. The number of aromatic nitrogens is 4. The van der Waals surface area contributed by atoms with Gasteiger partial charge in [0.2, 0.25) is 5.91 Å². The topological polar surface area (TPSA) is 108 Å². The number of nitrogens with zero attached hydrogens (tertiary/aromatic N) is 4. The number of carbonyl (C=O) groups is 1. The van der Waals surface area contributed by atoms with Crippen molar-refractivity contribution in [1.29, 1.82) is 0 Å². The smallest absolute Gasteiger partial charge is 0.295 e. The Hall–Kier alpha value is -2.88. The molecule has 2 heterocycles. The molecule has 27 heavy (non-hydrogen) atoms. The molecule has 10 heteroatoms. The van der Waals surface area contributed by atoms with Gasteiger partial charge >= 0.3 is 5.69 Å². The van der Waals surface area contributed by atoms with Gasteiger partial charge in [-0.05, 0) is 37.1 Å². The molecule has 0 aliphatic heterocycles. The van der Waals surface area contributed by atoms with Gasteiger partial charge in [-0.25, -0.2) is 17.9 Å². The first-order chi connectivity index (χ1) is 12.6. The van der Waals surface area contributed by atoms with Crippen LogP contribution in [0.5, 0.6) is 0 Å². The van der Waals surface area contributed by atoms with Crippen molar-refractivity contribution in [3.8, 4) is 0 Å². The zero-order valence-electron chi connectivity index (χ0n) is 15.6. The molecule has 1 N–H and O–H groups in total. The molecule has 0 aliphatic carbocycles. The quantitative estimate of drug-likeness (QED) is 0.675. The lowest BCUT2D eigenvalue weighted by atomic mass is 10.1. The zero-order chi connectivity index (χ0) is 19.9. The summed E-state index contributed by atoms with van der Waals surface area (Å²) in [4.78, 5) is 24.0. The van der Waals surface area contributed by atoms with Crippen LogP contribution in [0.2, 0.25) is 0 Å².